The highest BCUT2D eigenvalue weighted by Gasteiger charge is 2.20. The average molecular weight is 419 g/mol. The lowest BCUT2D eigenvalue weighted by molar-refractivity contribution is 0.313. The van der Waals surface area contributed by atoms with Crippen molar-refractivity contribution in [1.29, 1.82) is 0 Å². The molecule has 0 saturated carbocycles. The van der Waals surface area contributed by atoms with E-state index in [9.17, 15) is 4.79 Å². The van der Waals surface area contributed by atoms with E-state index in [-0.39, 0.29) is 5.56 Å². The highest BCUT2D eigenvalue weighted by Crippen LogP contribution is 2.36. The Bertz CT molecular complexity index is 1270. The van der Waals surface area contributed by atoms with E-state index < -0.39 is 0 Å². The summed E-state index contributed by atoms with van der Waals surface area (Å²) in [6, 6.07) is 12.2. The maximum absolute atomic E-state index is 13.1. The fourth-order valence-electron chi connectivity index (χ4n) is 4.40. The SMILES string of the molecule is CCCCOc1ccc(-c2nc3sc4c(c3c(=O)[nH]2)CCCCC4)c2ccccc12. The molecule has 154 valence electrons. The van der Waals surface area contributed by atoms with E-state index in [2.05, 4.69) is 24.0 Å². The normalized spacial score (nSPS) is 14.0. The first kappa shape index (κ1) is 19.3. The Morgan fingerprint density at radius 1 is 1.07 bits per heavy atom. The molecule has 1 aliphatic carbocycles. The number of unbranched alkanes of at least 4 members (excludes halogenated alkanes) is 1. The van der Waals surface area contributed by atoms with Gasteiger partial charge in [-0.2, -0.15) is 0 Å². The van der Waals surface area contributed by atoms with Crippen molar-refractivity contribution in [3.8, 4) is 17.1 Å². The van der Waals surface area contributed by atoms with E-state index in [1.54, 1.807) is 11.3 Å². The third-order valence-corrected chi connectivity index (χ3v) is 7.16. The fraction of sp³-hybridized carbons (Fsp3) is 0.360. The third kappa shape index (κ3) is 3.41. The fourth-order valence-corrected chi connectivity index (χ4v) is 5.66. The van der Waals surface area contributed by atoms with E-state index >= 15 is 0 Å². The largest absolute Gasteiger partial charge is 0.493 e. The second-order valence-corrected chi connectivity index (χ2v) is 9.10. The standard InChI is InChI=1S/C25H26N2O2S/c1-2-3-15-29-20-14-13-18(16-9-7-8-10-17(16)20)23-26-24(28)22-19-11-5-4-6-12-21(19)30-25(22)27-23/h7-10,13-14H,2-6,11-12,15H2,1H3,(H,26,27,28). The second kappa shape index (κ2) is 8.23. The van der Waals surface area contributed by atoms with Crippen molar-refractivity contribution >= 4 is 32.3 Å². The van der Waals surface area contributed by atoms with Crippen LogP contribution >= 0.6 is 11.3 Å². The zero-order valence-corrected chi connectivity index (χ0v) is 18.1. The van der Waals surface area contributed by atoms with E-state index in [1.165, 1.54) is 23.3 Å². The highest BCUT2D eigenvalue weighted by atomic mass is 32.1. The molecule has 0 spiro atoms. The molecular weight excluding hydrogens is 392 g/mol. The van der Waals surface area contributed by atoms with Crippen LogP contribution < -0.4 is 10.3 Å². The minimum atomic E-state index is -0.0123. The number of H-pyrrole nitrogens is 1. The lowest BCUT2D eigenvalue weighted by atomic mass is 10.0. The van der Waals surface area contributed by atoms with Gasteiger partial charge in [-0.15, -0.1) is 11.3 Å². The quantitative estimate of drug-likeness (QED) is 0.308. The maximum Gasteiger partial charge on any atom is 0.260 e. The summed E-state index contributed by atoms with van der Waals surface area (Å²) >= 11 is 1.70. The number of thiophene rings is 1. The average Bonchev–Trinajstić information content (AvgIpc) is 2.96. The Hall–Kier alpha value is -2.66. The molecule has 2 heterocycles. The number of hydrogen-bond acceptors (Lipinski definition) is 4. The summed E-state index contributed by atoms with van der Waals surface area (Å²) in [7, 11) is 0. The number of aryl methyl sites for hydroxylation is 2. The third-order valence-electron chi connectivity index (χ3n) is 5.97. The van der Waals surface area contributed by atoms with E-state index in [1.807, 2.05) is 24.3 Å². The number of ether oxygens (including phenoxy) is 1. The van der Waals surface area contributed by atoms with Crippen molar-refractivity contribution in [1.82, 2.24) is 9.97 Å². The second-order valence-electron chi connectivity index (χ2n) is 8.02. The number of nitrogens with zero attached hydrogens (tertiary/aromatic N) is 1. The van der Waals surface area contributed by atoms with Crippen LogP contribution in [0, 0.1) is 0 Å². The number of hydrogen-bond donors (Lipinski definition) is 1. The van der Waals surface area contributed by atoms with Gasteiger partial charge in [0.1, 0.15) is 16.4 Å². The summed E-state index contributed by atoms with van der Waals surface area (Å²) in [6.07, 6.45) is 7.80. The summed E-state index contributed by atoms with van der Waals surface area (Å²) in [5.74, 6) is 1.52. The van der Waals surface area contributed by atoms with Crippen molar-refractivity contribution in [3.05, 3.63) is 57.2 Å². The van der Waals surface area contributed by atoms with Crippen molar-refractivity contribution < 1.29 is 4.74 Å². The molecule has 5 heteroatoms. The number of fused-ring (bicyclic) bond motifs is 4. The van der Waals surface area contributed by atoms with Gasteiger partial charge in [-0.05, 0) is 55.2 Å². The molecule has 4 aromatic rings. The van der Waals surface area contributed by atoms with Gasteiger partial charge in [-0.3, -0.25) is 4.79 Å². The van der Waals surface area contributed by atoms with E-state index in [0.717, 1.165) is 64.4 Å². The van der Waals surface area contributed by atoms with Crippen LogP contribution in [0.25, 0.3) is 32.4 Å². The topological polar surface area (TPSA) is 55.0 Å². The Morgan fingerprint density at radius 2 is 1.90 bits per heavy atom. The van der Waals surface area contributed by atoms with E-state index in [4.69, 9.17) is 9.72 Å². The minimum absolute atomic E-state index is 0.0123. The Balaban J connectivity index is 1.64. The summed E-state index contributed by atoms with van der Waals surface area (Å²) in [4.78, 5) is 23.3. The minimum Gasteiger partial charge on any atom is -0.493 e. The Morgan fingerprint density at radius 3 is 2.77 bits per heavy atom. The molecule has 0 radical (unpaired) electrons. The van der Waals surface area contributed by atoms with Gasteiger partial charge in [-0.1, -0.05) is 44.0 Å². The first-order chi connectivity index (χ1) is 14.8. The van der Waals surface area contributed by atoms with Crippen LogP contribution in [0.15, 0.2) is 41.2 Å². The predicted molar refractivity (Wildman–Crippen MR) is 125 cm³/mol. The maximum atomic E-state index is 13.1. The summed E-state index contributed by atoms with van der Waals surface area (Å²) in [5.41, 5.74) is 2.16. The molecule has 5 rings (SSSR count). The Labute approximate surface area is 179 Å². The zero-order valence-electron chi connectivity index (χ0n) is 17.3. The van der Waals surface area contributed by atoms with Crippen molar-refractivity contribution in [3.63, 3.8) is 0 Å². The number of rotatable bonds is 5. The number of aromatic amines is 1. The van der Waals surface area contributed by atoms with Crippen molar-refractivity contribution in [2.75, 3.05) is 6.61 Å². The van der Waals surface area contributed by atoms with Crippen molar-refractivity contribution in [2.24, 2.45) is 0 Å². The summed E-state index contributed by atoms with van der Waals surface area (Å²) in [5, 5.41) is 2.91. The molecule has 0 atom stereocenters. The lowest BCUT2D eigenvalue weighted by Gasteiger charge is -2.12. The van der Waals surface area contributed by atoms with Crippen LogP contribution in [0.1, 0.15) is 49.5 Å². The number of nitrogens with one attached hydrogen (secondary N) is 1. The molecule has 2 aromatic heterocycles. The van der Waals surface area contributed by atoms with Crippen LogP contribution in [0.2, 0.25) is 0 Å². The number of aromatic nitrogens is 2. The molecule has 0 bridgehead atoms. The molecule has 1 aliphatic rings. The highest BCUT2D eigenvalue weighted by molar-refractivity contribution is 7.18. The van der Waals surface area contributed by atoms with Gasteiger partial charge in [0.05, 0.1) is 12.0 Å². The Kier molecular flexibility index (Phi) is 5.30. The monoisotopic (exact) mass is 418 g/mol. The van der Waals surface area contributed by atoms with Gasteiger partial charge in [0.15, 0.2) is 0 Å². The summed E-state index contributed by atoms with van der Waals surface area (Å²) in [6.45, 7) is 2.87. The molecular formula is C25H26N2O2S. The summed E-state index contributed by atoms with van der Waals surface area (Å²) < 4.78 is 6.02. The van der Waals surface area contributed by atoms with Gasteiger partial charge in [-0.25, -0.2) is 4.98 Å². The molecule has 4 nitrogen and oxygen atoms in total. The molecule has 0 aliphatic heterocycles. The van der Waals surface area contributed by atoms with Gasteiger partial charge in [0.25, 0.3) is 5.56 Å². The van der Waals surface area contributed by atoms with Crippen molar-refractivity contribution in [2.45, 2.75) is 51.9 Å². The number of benzene rings is 2. The first-order valence-electron chi connectivity index (χ1n) is 11.0. The molecule has 0 saturated heterocycles. The first-order valence-corrected chi connectivity index (χ1v) is 11.8. The smallest absolute Gasteiger partial charge is 0.260 e. The molecule has 1 N–H and O–H groups in total. The predicted octanol–water partition coefficient (Wildman–Crippen LogP) is 6.25. The lowest BCUT2D eigenvalue weighted by Crippen LogP contribution is -2.10. The zero-order chi connectivity index (χ0) is 20.5. The molecule has 30 heavy (non-hydrogen) atoms. The van der Waals surface area contributed by atoms with Crippen LogP contribution in [-0.2, 0) is 12.8 Å². The van der Waals surface area contributed by atoms with Crippen LogP contribution in [-0.4, -0.2) is 16.6 Å². The molecule has 0 fully saturated rings. The van der Waals surface area contributed by atoms with E-state index in [0.29, 0.717) is 12.4 Å². The molecule has 0 unspecified atom stereocenters. The van der Waals surface area contributed by atoms with Gasteiger partial charge in [0, 0.05) is 15.8 Å². The molecule has 2 aromatic carbocycles. The van der Waals surface area contributed by atoms with Crippen LogP contribution in [0.5, 0.6) is 5.75 Å². The van der Waals surface area contributed by atoms with Crippen LogP contribution in [0.3, 0.4) is 0 Å². The van der Waals surface area contributed by atoms with Gasteiger partial charge < -0.3 is 9.72 Å². The van der Waals surface area contributed by atoms with Crippen LogP contribution in [0.4, 0.5) is 0 Å². The molecule has 0 amide bonds. The van der Waals surface area contributed by atoms with Gasteiger partial charge >= 0.3 is 0 Å². The van der Waals surface area contributed by atoms with Gasteiger partial charge in [0.2, 0.25) is 0 Å².